The quantitative estimate of drug-likeness (QED) is 0.0995. The number of hydrogen-bond acceptors (Lipinski definition) is 15. The molecule has 0 aromatic carbocycles. The van der Waals surface area contributed by atoms with Gasteiger partial charge in [-0.15, -0.1) is 0 Å². The van der Waals surface area contributed by atoms with Gasteiger partial charge in [0.1, 0.15) is 30.1 Å². The van der Waals surface area contributed by atoms with Gasteiger partial charge in [-0.2, -0.15) is 0 Å². The summed E-state index contributed by atoms with van der Waals surface area (Å²) in [5.41, 5.74) is 1.13. The minimum Gasteiger partial charge on any atom is -0.460 e. The van der Waals surface area contributed by atoms with Gasteiger partial charge in [0, 0.05) is 71.8 Å². The molecule has 0 spiro atoms. The Morgan fingerprint density at radius 3 is 2.20 bits per heavy atom. The summed E-state index contributed by atoms with van der Waals surface area (Å²) in [5, 5.41) is 34.7. The zero-order chi connectivity index (χ0) is 52.2. The largest absolute Gasteiger partial charge is 0.460 e. The first-order chi connectivity index (χ1) is 32.8. The third-order valence-corrected chi connectivity index (χ3v) is 15.7. The topological polar surface area (TPSA) is 222 Å². The Morgan fingerprint density at radius 2 is 1.56 bits per heavy atom. The van der Waals surface area contributed by atoms with Crippen molar-refractivity contribution in [3.8, 4) is 0 Å². The molecule has 396 valence electrons. The molecule has 4 aliphatic rings. The van der Waals surface area contributed by atoms with Crippen molar-refractivity contribution in [1.29, 1.82) is 0 Å². The Labute approximate surface area is 416 Å². The van der Waals surface area contributed by atoms with Gasteiger partial charge in [-0.05, 0) is 101 Å². The van der Waals surface area contributed by atoms with Crippen LogP contribution in [0.3, 0.4) is 0 Å². The molecule has 3 N–H and O–H groups in total. The number of piperidine rings is 1. The highest BCUT2D eigenvalue weighted by Crippen LogP contribution is 2.45. The van der Waals surface area contributed by atoms with E-state index in [0.29, 0.717) is 50.5 Å². The number of aliphatic hydroxyl groups excluding tert-OH is 2. The van der Waals surface area contributed by atoms with Gasteiger partial charge in [0.2, 0.25) is 5.79 Å². The summed E-state index contributed by atoms with van der Waals surface area (Å²) in [6.07, 6.45) is 7.77. The summed E-state index contributed by atoms with van der Waals surface area (Å²) in [4.78, 5) is 72.2. The van der Waals surface area contributed by atoms with Crippen LogP contribution in [0.15, 0.2) is 47.6 Å². The smallest absolute Gasteiger partial charge is 0.329 e. The van der Waals surface area contributed by atoms with Gasteiger partial charge in [-0.25, -0.2) is 4.79 Å². The second kappa shape index (κ2) is 26.7. The van der Waals surface area contributed by atoms with E-state index in [1.54, 1.807) is 47.3 Å². The summed E-state index contributed by atoms with van der Waals surface area (Å²) in [5.74, 6) is -8.96. The Balaban J connectivity index is 1.72. The van der Waals surface area contributed by atoms with Gasteiger partial charge >= 0.3 is 5.97 Å². The van der Waals surface area contributed by atoms with Gasteiger partial charge in [-0.3, -0.25) is 23.7 Å². The summed E-state index contributed by atoms with van der Waals surface area (Å²) < 4.78 is 48.0. The van der Waals surface area contributed by atoms with Crippen molar-refractivity contribution in [1.82, 2.24) is 4.90 Å². The van der Waals surface area contributed by atoms with Crippen molar-refractivity contribution in [3.63, 3.8) is 0 Å². The van der Waals surface area contributed by atoms with Crippen LogP contribution in [0.4, 0.5) is 0 Å². The Morgan fingerprint density at radius 1 is 0.857 bits per heavy atom. The molecule has 2 saturated heterocycles. The van der Waals surface area contributed by atoms with Crippen LogP contribution in [0.5, 0.6) is 0 Å². The van der Waals surface area contributed by atoms with Crippen LogP contribution in [0.1, 0.15) is 119 Å². The van der Waals surface area contributed by atoms with E-state index in [1.165, 1.54) is 21.1 Å². The first-order valence-electron chi connectivity index (χ1n) is 25.3. The highest BCUT2D eigenvalue weighted by atomic mass is 31.2. The predicted molar refractivity (Wildman–Crippen MR) is 265 cm³/mol. The molecule has 3 fully saturated rings. The number of carbonyl (C=O) groups is 5. The number of rotatable bonds is 8. The van der Waals surface area contributed by atoms with Gasteiger partial charge < -0.3 is 48.4 Å². The van der Waals surface area contributed by atoms with E-state index in [0.717, 1.165) is 10.5 Å². The monoisotopic (exact) mass is 1010 g/mol. The summed E-state index contributed by atoms with van der Waals surface area (Å²) in [7, 11) is 1.65. The predicted octanol–water partition coefficient (Wildman–Crippen LogP) is 6.71. The highest BCUT2D eigenvalue weighted by Gasteiger charge is 2.55. The van der Waals surface area contributed by atoms with Crippen molar-refractivity contribution in [2.75, 3.05) is 41.2 Å². The molecular formula is C53H84NO15P. The third kappa shape index (κ3) is 15.9. The lowest BCUT2D eigenvalue weighted by molar-refractivity contribution is -0.286. The lowest BCUT2D eigenvalue weighted by Gasteiger charge is -2.44. The average Bonchev–Trinajstić information content (AvgIpc) is 3.30. The molecule has 3 aliphatic heterocycles. The second-order valence-electron chi connectivity index (χ2n) is 21.1. The number of ether oxygens (including phenoxy) is 5. The van der Waals surface area contributed by atoms with E-state index in [1.807, 2.05) is 51.2 Å². The zero-order valence-electron chi connectivity index (χ0n) is 43.7. The van der Waals surface area contributed by atoms with Crippen LogP contribution in [0.25, 0.3) is 0 Å². The minimum absolute atomic E-state index is 0.0193. The number of fused-ring (bicyclic) bond motifs is 3. The number of nitrogens with zero attached hydrogens (tertiary/aromatic N) is 1. The summed E-state index contributed by atoms with van der Waals surface area (Å²) in [6.45, 7) is 15.5. The Bertz CT molecular complexity index is 1980. The van der Waals surface area contributed by atoms with E-state index in [-0.39, 0.29) is 67.8 Å². The SMILES string of the molecule is CO[C@H]1C[C@H]2O[C@@](O)(C(=O)C(=O)N3CCCC[C@H]3C(=O)O[C@H]([C@H](C)C[C@@H]3CC[C@@H](OP(C)(C)=O)[C@H](OC)C3)CC(=O)[C@H](C)/C=C(\C)[C@@H](O)[C@@H](OC)C(=O)[C@H](C)C[C@H](C)/C=C/C=C/C=C/1C)[C@H](C)CC2O. The van der Waals surface area contributed by atoms with Crippen LogP contribution >= 0.6 is 7.37 Å². The number of hydrogen-bond donors (Lipinski definition) is 3. The van der Waals surface area contributed by atoms with E-state index in [9.17, 15) is 43.9 Å². The molecule has 0 aromatic rings. The summed E-state index contributed by atoms with van der Waals surface area (Å²) in [6, 6.07) is -1.21. The van der Waals surface area contributed by atoms with Crippen molar-refractivity contribution in [2.45, 2.75) is 180 Å². The number of Topliss-reactive ketones (excluding diaryl/α,β-unsaturated/α-hetero) is 3. The lowest BCUT2D eigenvalue weighted by Crippen LogP contribution is -2.63. The van der Waals surface area contributed by atoms with Gasteiger partial charge in [0.25, 0.3) is 11.7 Å². The number of esters is 1. The number of ketones is 3. The number of carbonyl (C=O) groups excluding carboxylic acids is 5. The maximum Gasteiger partial charge on any atom is 0.329 e. The van der Waals surface area contributed by atoms with Crippen molar-refractivity contribution in [3.05, 3.63) is 47.6 Å². The fourth-order valence-corrected chi connectivity index (χ4v) is 11.5. The first kappa shape index (κ1) is 59.4. The number of allylic oxidation sites excluding steroid dienone is 6. The van der Waals surface area contributed by atoms with E-state index >= 15 is 0 Å². The van der Waals surface area contributed by atoms with Crippen LogP contribution in [-0.2, 0) is 56.7 Å². The average molecular weight is 1010 g/mol. The van der Waals surface area contributed by atoms with E-state index < -0.39 is 97.2 Å². The number of amides is 1. The summed E-state index contributed by atoms with van der Waals surface area (Å²) >= 11 is 0. The Hall–Kier alpha value is -3.18. The van der Waals surface area contributed by atoms with Gasteiger partial charge in [0.15, 0.2) is 13.2 Å². The molecule has 16 nitrogen and oxygen atoms in total. The fourth-order valence-electron chi connectivity index (χ4n) is 10.6. The molecule has 1 saturated carbocycles. The van der Waals surface area contributed by atoms with Gasteiger partial charge in [-0.1, -0.05) is 71.1 Å². The second-order valence-corrected chi connectivity index (χ2v) is 23.8. The van der Waals surface area contributed by atoms with E-state index in [4.69, 9.17) is 28.2 Å². The molecule has 1 aliphatic carbocycles. The first-order valence-corrected chi connectivity index (χ1v) is 27.8. The number of cyclic esters (lactones) is 1. The van der Waals surface area contributed by atoms with Gasteiger partial charge in [0.05, 0.1) is 30.5 Å². The standard InChI is InChI=1S/C53H84NO15P/c1-31-18-14-13-15-19-32(2)43(64-8)30-45-41(56)27-37(7)53(62,68-45)50(59)51(60)54-23-17-16-20-39(54)52(61)67-44(34(4)26-38-21-22-42(46(28-38)65-9)69-70(11,12)63)29-40(55)33(3)25-36(6)48(58)49(66-10)47(57)35(5)24-31/h13-15,18-19,25,31,33-35,37-39,41-46,48-49,56,58,62H,16-17,20-24,26-30H2,1-12H3/b15-13+,18-14+,32-19+,36-25+/t31-,33-,34-,35-,37-,38+,39+,41?,42-,43+,44+,45-,46-,48-,49+,53-/m1/s1. The normalized spacial score (nSPS) is 39.7. The number of methoxy groups -OCH3 is 3. The molecular weight excluding hydrogens is 922 g/mol. The molecule has 70 heavy (non-hydrogen) atoms. The zero-order valence-corrected chi connectivity index (χ0v) is 44.6. The van der Waals surface area contributed by atoms with Crippen LogP contribution < -0.4 is 0 Å². The molecule has 1 unspecified atom stereocenters. The Kier molecular flexibility index (Phi) is 22.6. The molecule has 16 atom stereocenters. The molecule has 0 radical (unpaired) electrons. The molecule has 0 aromatic heterocycles. The minimum atomic E-state index is -2.80. The third-order valence-electron chi connectivity index (χ3n) is 14.9. The number of aliphatic hydroxyl groups is 3. The molecule has 4 rings (SSSR count). The fraction of sp³-hybridized carbons (Fsp3) is 0.755. The molecule has 1 amide bonds. The van der Waals surface area contributed by atoms with Crippen molar-refractivity contribution < 1.29 is 72.1 Å². The van der Waals surface area contributed by atoms with Crippen LogP contribution in [0, 0.1) is 35.5 Å². The lowest BCUT2D eigenvalue weighted by atomic mass is 9.78. The molecule has 3 heterocycles. The van der Waals surface area contributed by atoms with Crippen LogP contribution in [-0.4, -0.2) is 151 Å². The molecule has 17 heteroatoms. The molecule has 2 bridgehead atoms. The maximum absolute atomic E-state index is 14.5. The highest BCUT2D eigenvalue weighted by molar-refractivity contribution is 7.57. The maximum atomic E-state index is 14.5. The van der Waals surface area contributed by atoms with Crippen LogP contribution in [0.2, 0.25) is 0 Å². The van der Waals surface area contributed by atoms with Crippen molar-refractivity contribution in [2.24, 2.45) is 35.5 Å². The van der Waals surface area contributed by atoms with Crippen molar-refractivity contribution >= 4 is 36.6 Å². The van der Waals surface area contributed by atoms with E-state index in [2.05, 4.69) is 0 Å².